The fourth-order valence-corrected chi connectivity index (χ4v) is 5.10. The van der Waals surface area contributed by atoms with Gasteiger partial charge in [-0.2, -0.15) is 33.1 Å². The molecule has 0 aliphatic heterocycles. The van der Waals surface area contributed by atoms with Gasteiger partial charge in [-0.25, -0.2) is 0 Å². The molecule has 0 unspecified atom stereocenters. The second-order valence-corrected chi connectivity index (χ2v) is 10.1. The van der Waals surface area contributed by atoms with E-state index in [0.717, 1.165) is 67.7 Å². The molecule has 7 nitrogen and oxygen atoms in total. The average molecular weight is 732 g/mol. The van der Waals surface area contributed by atoms with E-state index in [-0.39, 0.29) is 21.1 Å². The fraction of sp³-hybridized carbons (Fsp3) is 0.118. The van der Waals surface area contributed by atoms with Crippen molar-refractivity contribution >= 4 is 56.3 Å². The Hall–Kier alpha value is -4.61. The molecule has 0 amide bonds. The van der Waals surface area contributed by atoms with Crippen molar-refractivity contribution in [3.05, 3.63) is 121 Å². The molecule has 0 aliphatic rings. The zero-order valence-corrected chi connectivity index (χ0v) is 25.9. The Bertz CT molecular complexity index is 1830. The quantitative estimate of drug-likeness (QED) is 0.162. The topological polar surface area (TPSA) is 55.3 Å². The predicted octanol–water partition coefficient (Wildman–Crippen LogP) is 8.21. The van der Waals surface area contributed by atoms with Gasteiger partial charge in [0.05, 0.1) is 0 Å². The van der Waals surface area contributed by atoms with Gasteiger partial charge in [-0.15, -0.1) is 24.3 Å². The Labute approximate surface area is 258 Å². The van der Waals surface area contributed by atoms with Crippen molar-refractivity contribution in [3.8, 4) is 0 Å². The summed E-state index contributed by atoms with van der Waals surface area (Å²) in [4.78, 5) is 4.23. The number of fused-ring (bicyclic) bond motifs is 3. The smallest absolute Gasteiger partial charge is 0.564 e. The summed E-state index contributed by atoms with van der Waals surface area (Å²) in [6, 6.07) is 39.9. The maximum atomic E-state index is 6.25. The molecule has 3 heterocycles. The van der Waals surface area contributed by atoms with Crippen molar-refractivity contribution in [2.24, 2.45) is 14.1 Å². The standard InChI is InChI=1S/C34H28N6O.Pt/c1-23-19-33(35-37(23)3)39(25-11-7-5-8-12-25)27-15-17-31-29(21-27)30-22-28(16-18-32(30)41-31)40(26-13-9-6-10-14-26)34-20-24(2)38(4)36-34;/h5-20H,1-4H3;/q-2;+2. The van der Waals surface area contributed by atoms with Crippen molar-refractivity contribution in [1.82, 2.24) is 19.6 Å². The van der Waals surface area contributed by atoms with Gasteiger partial charge in [0.1, 0.15) is 0 Å². The first-order valence-electron chi connectivity index (χ1n) is 13.5. The van der Waals surface area contributed by atoms with E-state index >= 15 is 0 Å². The van der Waals surface area contributed by atoms with Crippen LogP contribution in [0.25, 0.3) is 21.9 Å². The molecule has 0 bridgehead atoms. The van der Waals surface area contributed by atoms with Gasteiger partial charge in [0.2, 0.25) is 0 Å². The molecule has 42 heavy (non-hydrogen) atoms. The summed E-state index contributed by atoms with van der Waals surface area (Å²) in [6.45, 7) is 4.10. The van der Waals surface area contributed by atoms with Crippen LogP contribution in [0.15, 0.2) is 101 Å². The molecule has 0 radical (unpaired) electrons. The number of anilines is 6. The van der Waals surface area contributed by atoms with Gasteiger partial charge in [-0.3, -0.25) is 9.36 Å². The Morgan fingerprint density at radius 2 is 1.00 bits per heavy atom. The van der Waals surface area contributed by atoms with Crippen LogP contribution in [0.5, 0.6) is 0 Å². The number of para-hydroxylation sites is 2. The van der Waals surface area contributed by atoms with E-state index in [1.54, 1.807) is 0 Å². The van der Waals surface area contributed by atoms with Crippen LogP contribution in [0.4, 0.5) is 34.4 Å². The minimum absolute atomic E-state index is 0. The summed E-state index contributed by atoms with van der Waals surface area (Å²) in [5.41, 5.74) is 7.37. The van der Waals surface area contributed by atoms with Gasteiger partial charge in [0.15, 0.2) is 11.6 Å². The second-order valence-electron chi connectivity index (χ2n) is 10.1. The first kappa shape index (κ1) is 27.6. The third-order valence-corrected chi connectivity index (χ3v) is 7.42. The summed E-state index contributed by atoms with van der Waals surface area (Å²) >= 11 is 0. The molecular weight excluding hydrogens is 703 g/mol. The van der Waals surface area contributed by atoms with E-state index in [9.17, 15) is 0 Å². The van der Waals surface area contributed by atoms with Gasteiger partial charge < -0.3 is 14.2 Å². The number of nitrogens with zero attached hydrogens (tertiary/aromatic N) is 6. The maximum Gasteiger partial charge on any atom is 2.00 e. The molecule has 0 aliphatic carbocycles. The molecule has 0 atom stereocenters. The number of aromatic nitrogens is 4. The molecule has 8 heteroatoms. The minimum Gasteiger partial charge on any atom is -0.564 e. The monoisotopic (exact) mass is 731 g/mol. The number of hydrogen-bond acceptors (Lipinski definition) is 5. The fourth-order valence-electron chi connectivity index (χ4n) is 5.10. The van der Waals surface area contributed by atoms with E-state index in [0.29, 0.717) is 0 Å². The Kier molecular flexibility index (Phi) is 7.21. The van der Waals surface area contributed by atoms with Crippen LogP contribution in [0.3, 0.4) is 0 Å². The van der Waals surface area contributed by atoms with Crippen LogP contribution in [0.1, 0.15) is 11.4 Å². The van der Waals surface area contributed by atoms with Gasteiger partial charge in [0.25, 0.3) is 0 Å². The molecule has 0 fully saturated rings. The van der Waals surface area contributed by atoms with Gasteiger partial charge >= 0.3 is 21.1 Å². The molecule has 0 saturated carbocycles. The van der Waals surface area contributed by atoms with Crippen LogP contribution in [0.2, 0.25) is 0 Å². The van der Waals surface area contributed by atoms with Crippen molar-refractivity contribution in [3.63, 3.8) is 0 Å². The summed E-state index contributed by atoms with van der Waals surface area (Å²) in [7, 11) is 3.91. The van der Waals surface area contributed by atoms with Crippen molar-refractivity contribution in [1.29, 1.82) is 0 Å². The molecular formula is C34H28N6OPt. The van der Waals surface area contributed by atoms with Crippen molar-refractivity contribution in [2.75, 3.05) is 9.80 Å². The van der Waals surface area contributed by atoms with E-state index in [1.165, 1.54) is 0 Å². The second kappa shape index (κ2) is 11.0. The molecule has 210 valence electrons. The first-order chi connectivity index (χ1) is 20.0. The van der Waals surface area contributed by atoms with Gasteiger partial charge in [-0.1, -0.05) is 36.4 Å². The molecule has 0 saturated heterocycles. The Morgan fingerprint density at radius 3 is 1.36 bits per heavy atom. The Morgan fingerprint density at radius 1 is 0.595 bits per heavy atom. The van der Waals surface area contributed by atoms with Gasteiger partial charge in [-0.05, 0) is 60.7 Å². The van der Waals surface area contributed by atoms with Crippen molar-refractivity contribution < 1.29 is 25.5 Å². The zero-order valence-electron chi connectivity index (χ0n) is 23.6. The number of rotatable bonds is 6. The first-order valence-corrected chi connectivity index (χ1v) is 13.5. The van der Waals surface area contributed by atoms with Crippen LogP contribution in [0, 0.1) is 26.0 Å². The summed E-state index contributed by atoms with van der Waals surface area (Å²) in [5, 5.41) is 11.3. The largest absolute Gasteiger partial charge is 2.00 e. The normalized spacial score (nSPS) is 11.1. The molecule has 0 N–H and O–H groups in total. The van der Waals surface area contributed by atoms with Crippen LogP contribution >= 0.6 is 0 Å². The number of benzene rings is 4. The number of aryl methyl sites for hydroxylation is 4. The average Bonchev–Trinajstić information content (AvgIpc) is 3.63. The number of furan rings is 1. The summed E-state index contributed by atoms with van der Waals surface area (Å²) < 4.78 is 10.0. The van der Waals surface area contributed by atoms with E-state index in [2.05, 4.69) is 58.3 Å². The van der Waals surface area contributed by atoms with E-state index < -0.39 is 0 Å². The maximum absolute atomic E-state index is 6.25. The van der Waals surface area contributed by atoms with E-state index in [4.69, 9.17) is 14.6 Å². The molecule has 0 spiro atoms. The van der Waals surface area contributed by atoms with Crippen LogP contribution < -0.4 is 9.80 Å². The van der Waals surface area contributed by atoms with Crippen LogP contribution in [-0.2, 0) is 35.2 Å². The van der Waals surface area contributed by atoms with Crippen molar-refractivity contribution in [2.45, 2.75) is 13.8 Å². The number of hydrogen-bond donors (Lipinski definition) is 0. The third-order valence-electron chi connectivity index (χ3n) is 7.42. The zero-order chi connectivity index (χ0) is 28.1. The minimum atomic E-state index is 0. The van der Waals surface area contributed by atoms with Gasteiger partial charge in [0, 0.05) is 49.0 Å². The summed E-state index contributed by atoms with van der Waals surface area (Å²) in [5.74, 6) is 1.65. The predicted molar refractivity (Wildman–Crippen MR) is 164 cm³/mol. The Balaban J connectivity index is 0.00000316. The molecule has 7 rings (SSSR count). The SMILES string of the molecule is Cc1cc(N(c2[c-]c3c(cc2)oc2ccc(N(c4ccccc4)c4cc(C)n(C)n4)[c-]c23)c2ccccc2)nn1C.[Pt+2]. The summed E-state index contributed by atoms with van der Waals surface area (Å²) in [6.07, 6.45) is 0. The molecule has 7 aromatic rings. The third kappa shape index (κ3) is 4.80. The molecule has 4 aromatic carbocycles. The van der Waals surface area contributed by atoms with Crippen LogP contribution in [-0.4, -0.2) is 19.6 Å². The molecule has 3 aromatic heterocycles. The van der Waals surface area contributed by atoms with E-state index in [1.807, 2.05) is 98.0 Å².